The van der Waals surface area contributed by atoms with E-state index in [1.165, 1.54) is 0 Å². The van der Waals surface area contributed by atoms with Gasteiger partial charge in [0.05, 0.1) is 19.7 Å². The van der Waals surface area contributed by atoms with Crippen molar-refractivity contribution in [2.45, 2.75) is 18.9 Å². The molecule has 4 heteroatoms. The third-order valence-corrected chi connectivity index (χ3v) is 3.23. The number of nitrogens with zero attached hydrogens (tertiary/aromatic N) is 1. The molecule has 0 saturated carbocycles. The maximum Gasteiger partial charge on any atom is 0.236 e. The second-order valence-corrected chi connectivity index (χ2v) is 4.23. The molecule has 92 valence electrons. The van der Waals surface area contributed by atoms with Gasteiger partial charge in [0.1, 0.15) is 5.75 Å². The lowest BCUT2D eigenvalue weighted by Crippen LogP contribution is -2.35. The van der Waals surface area contributed by atoms with Crippen LogP contribution in [-0.2, 0) is 4.79 Å². The van der Waals surface area contributed by atoms with E-state index in [1.807, 2.05) is 29.2 Å². The lowest BCUT2D eigenvalue weighted by molar-refractivity contribution is -0.130. The van der Waals surface area contributed by atoms with Crippen LogP contribution in [0.15, 0.2) is 24.3 Å². The number of hydrogen-bond acceptors (Lipinski definition) is 3. The van der Waals surface area contributed by atoms with Crippen LogP contribution in [0.1, 0.15) is 24.4 Å². The number of methoxy groups -OCH3 is 1. The van der Waals surface area contributed by atoms with Crippen molar-refractivity contribution in [3.63, 3.8) is 0 Å². The fraction of sp³-hybridized carbons (Fsp3) is 0.462. The molecular weight excluding hydrogens is 216 g/mol. The number of benzene rings is 1. The molecule has 17 heavy (non-hydrogen) atoms. The highest BCUT2D eigenvalue weighted by molar-refractivity contribution is 5.78. The van der Waals surface area contributed by atoms with E-state index in [2.05, 4.69) is 0 Å². The third-order valence-electron chi connectivity index (χ3n) is 3.23. The van der Waals surface area contributed by atoms with E-state index in [-0.39, 0.29) is 18.5 Å². The van der Waals surface area contributed by atoms with Crippen molar-refractivity contribution in [2.24, 2.45) is 5.73 Å². The van der Waals surface area contributed by atoms with E-state index >= 15 is 0 Å². The second-order valence-electron chi connectivity index (χ2n) is 4.23. The van der Waals surface area contributed by atoms with Crippen LogP contribution in [0.5, 0.6) is 5.75 Å². The van der Waals surface area contributed by atoms with Gasteiger partial charge in [0.15, 0.2) is 0 Å². The number of ether oxygens (including phenoxy) is 1. The maximum absolute atomic E-state index is 11.7. The van der Waals surface area contributed by atoms with E-state index in [1.54, 1.807) is 7.11 Å². The number of amides is 1. The van der Waals surface area contributed by atoms with Crippen molar-refractivity contribution >= 4 is 5.91 Å². The van der Waals surface area contributed by atoms with Crippen molar-refractivity contribution < 1.29 is 9.53 Å². The molecule has 1 aromatic rings. The highest BCUT2D eigenvalue weighted by Gasteiger charge is 2.29. The molecule has 0 bridgehead atoms. The molecule has 1 saturated heterocycles. The summed E-state index contributed by atoms with van der Waals surface area (Å²) in [5.74, 6) is 0.852. The van der Waals surface area contributed by atoms with Crippen LogP contribution in [0, 0.1) is 0 Å². The molecule has 0 aliphatic carbocycles. The predicted octanol–water partition coefficient (Wildman–Crippen LogP) is 1.32. The average molecular weight is 234 g/mol. The zero-order chi connectivity index (χ0) is 12.3. The predicted molar refractivity (Wildman–Crippen MR) is 65.7 cm³/mol. The van der Waals surface area contributed by atoms with Gasteiger partial charge in [-0.3, -0.25) is 4.79 Å². The largest absolute Gasteiger partial charge is 0.497 e. The molecule has 4 nitrogen and oxygen atoms in total. The normalized spacial score (nSPS) is 19.4. The standard InChI is InChI=1S/C13H18N2O2/c1-17-11-5-2-4-10(8-11)12-6-3-7-15(12)13(16)9-14/h2,4-5,8,12H,3,6-7,9,14H2,1H3. The summed E-state index contributed by atoms with van der Waals surface area (Å²) >= 11 is 0. The Hall–Kier alpha value is -1.55. The minimum atomic E-state index is 0.0234. The topological polar surface area (TPSA) is 55.6 Å². The Morgan fingerprint density at radius 1 is 1.59 bits per heavy atom. The Morgan fingerprint density at radius 3 is 3.12 bits per heavy atom. The Morgan fingerprint density at radius 2 is 2.41 bits per heavy atom. The van der Waals surface area contributed by atoms with Crippen LogP contribution < -0.4 is 10.5 Å². The van der Waals surface area contributed by atoms with E-state index in [9.17, 15) is 4.79 Å². The monoisotopic (exact) mass is 234 g/mol. The molecule has 1 fully saturated rings. The van der Waals surface area contributed by atoms with Gasteiger partial charge in [-0.05, 0) is 30.5 Å². The molecule has 1 aliphatic rings. The number of carbonyl (C=O) groups is 1. The first-order valence-corrected chi connectivity index (χ1v) is 5.89. The highest BCUT2D eigenvalue weighted by Crippen LogP contribution is 2.33. The van der Waals surface area contributed by atoms with Crippen LogP contribution in [0.3, 0.4) is 0 Å². The minimum absolute atomic E-state index is 0.0234. The maximum atomic E-state index is 11.7. The summed E-state index contributed by atoms with van der Waals surface area (Å²) < 4.78 is 5.21. The van der Waals surface area contributed by atoms with E-state index < -0.39 is 0 Å². The van der Waals surface area contributed by atoms with Crippen LogP contribution in [-0.4, -0.2) is 31.0 Å². The Kier molecular flexibility index (Phi) is 3.64. The lowest BCUT2D eigenvalue weighted by Gasteiger charge is -2.24. The molecule has 1 unspecified atom stereocenters. The van der Waals surface area contributed by atoms with Crippen molar-refractivity contribution in [1.29, 1.82) is 0 Å². The molecule has 0 aromatic heterocycles. The Labute approximate surface area is 101 Å². The van der Waals surface area contributed by atoms with Gasteiger partial charge >= 0.3 is 0 Å². The second kappa shape index (κ2) is 5.19. The third kappa shape index (κ3) is 2.42. The van der Waals surface area contributed by atoms with Crippen molar-refractivity contribution in [2.75, 3.05) is 20.2 Å². The average Bonchev–Trinajstić information content (AvgIpc) is 2.87. The summed E-state index contributed by atoms with van der Waals surface area (Å²) in [5.41, 5.74) is 6.56. The Balaban J connectivity index is 2.22. The number of hydrogen-bond donors (Lipinski definition) is 1. The van der Waals surface area contributed by atoms with Crippen molar-refractivity contribution in [3.05, 3.63) is 29.8 Å². The summed E-state index contributed by atoms with van der Waals surface area (Å²) in [4.78, 5) is 13.6. The Bertz CT molecular complexity index is 406. The van der Waals surface area contributed by atoms with Gasteiger partial charge in [0.2, 0.25) is 5.91 Å². The van der Waals surface area contributed by atoms with E-state index in [0.29, 0.717) is 0 Å². The summed E-state index contributed by atoms with van der Waals surface area (Å²) in [5, 5.41) is 0. The molecule has 1 atom stereocenters. The molecule has 1 aliphatic heterocycles. The summed E-state index contributed by atoms with van der Waals surface area (Å²) in [6, 6.07) is 8.05. The highest BCUT2D eigenvalue weighted by atomic mass is 16.5. The minimum Gasteiger partial charge on any atom is -0.497 e. The lowest BCUT2D eigenvalue weighted by atomic mass is 10.0. The number of likely N-dealkylation sites (tertiary alicyclic amines) is 1. The van der Waals surface area contributed by atoms with E-state index in [4.69, 9.17) is 10.5 Å². The van der Waals surface area contributed by atoms with Crippen LogP contribution in [0.2, 0.25) is 0 Å². The first kappa shape index (κ1) is 11.9. The van der Waals surface area contributed by atoms with Crippen LogP contribution in [0.4, 0.5) is 0 Å². The van der Waals surface area contributed by atoms with Crippen LogP contribution in [0.25, 0.3) is 0 Å². The fourth-order valence-electron chi connectivity index (χ4n) is 2.38. The van der Waals surface area contributed by atoms with Gasteiger partial charge in [-0.1, -0.05) is 12.1 Å². The van der Waals surface area contributed by atoms with Gasteiger partial charge < -0.3 is 15.4 Å². The van der Waals surface area contributed by atoms with Crippen LogP contribution >= 0.6 is 0 Å². The molecule has 0 radical (unpaired) electrons. The number of rotatable bonds is 3. The summed E-state index contributed by atoms with van der Waals surface area (Å²) in [6.45, 7) is 0.887. The molecule has 1 amide bonds. The zero-order valence-electron chi connectivity index (χ0n) is 10.1. The molecular formula is C13H18N2O2. The van der Waals surface area contributed by atoms with Gasteiger partial charge in [0, 0.05) is 6.54 Å². The zero-order valence-corrected chi connectivity index (χ0v) is 10.1. The van der Waals surface area contributed by atoms with Gasteiger partial charge in [0.25, 0.3) is 0 Å². The molecule has 2 N–H and O–H groups in total. The summed E-state index contributed by atoms with van der Waals surface area (Å²) in [6.07, 6.45) is 2.03. The summed E-state index contributed by atoms with van der Waals surface area (Å²) in [7, 11) is 1.65. The van der Waals surface area contributed by atoms with Crippen molar-refractivity contribution in [1.82, 2.24) is 4.90 Å². The number of nitrogens with two attached hydrogens (primary N) is 1. The molecule has 0 spiro atoms. The number of carbonyl (C=O) groups excluding carboxylic acids is 1. The quantitative estimate of drug-likeness (QED) is 0.858. The van der Waals surface area contributed by atoms with Gasteiger partial charge in [-0.25, -0.2) is 0 Å². The molecule has 2 rings (SSSR count). The SMILES string of the molecule is COc1cccc(C2CCCN2C(=O)CN)c1. The first-order chi connectivity index (χ1) is 8.26. The molecule has 1 heterocycles. The van der Waals surface area contributed by atoms with E-state index in [0.717, 1.165) is 30.7 Å². The van der Waals surface area contributed by atoms with Gasteiger partial charge in [-0.2, -0.15) is 0 Å². The molecule has 1 aromatic carbocycles. The smallest absolute Gasteiger partial charge is 0.236 e. The first-order valence-electron chi connectivity index (χ1n) is 5.89. The fourth-order valence-corrected chi connectivity index (χ4v) is 2.38. The van der Waals surface area contributed by atoms with Gasteiger partial charge in [-0.15, -0.1) is 0 Å². The van der Waals surface area contributed by atoms with Crippen molar-refractivity contribution in [3.8, 4) is 5.75 Å².